The van der Waals surface area contributed by atoms with Gasteiger partial charge in [-0.05, 0) is 34.7 Å². The van der Waals surface area contributed by atoms with Gasteiger partial charge >= 0.3 is 0 Å². The fraction of sp³-hybridized carbons (Fsp3) is 0.308. The second kappa shape index (κ2) is 9.31. The number of rotatable bonds is 5. The lowest BCUT2D eigenvalue weighted by atomic mass is 10.0. The van der Waals surface area contributed by atoms with Gasteiger partial charge in [-0.1, -0.05) is 68.4 Å². The van der Waals surface area contributed by atoms with E-state index in [0.717, 1.165) is 30.9 Å². The summed E-state index contributed by atoms with van der Waals surface area (Å²) < 4.78 is 0. The molecule has 1 aliphatic rings. The highest BCUT2D eigenvalue weighted by Crippen LogP contribution is 2.18. The van der Waals surface area contributed by atoms with Gasteiger partial charge in [-0.15, -0.1) is 0 Å². The lowest BCUT2D eigenvalue weighted by molar-refractivity contribution is 0.0626. The van der Waals surface area contributed by atoms with Gasteiger partial charge in [0.2, 0.25) is 0 Å². The van der Waals surface area contributed by atoms with E-state index in [1.165, 1.54) is 11.1 Å². The number of piperazine rings is 1. The Bertz CT molecular complexity index is 1080. The van der Waals surface area contributed by atoms with E-state index in [1.54, 1.807) is 17.0 Å². The van der Waals surface area contributed by atoms with Gasteiger partial charge in [-0.3, -0.25) is 14.5 Å². The molecule has 0 saturated carbocycles. The van der Waals surface area contributed by atoms with Crippen molar-refractivity contribution in [3.8, 4) is 11.3 Å². The minimum atomic E-state index is -0.334. The number of aromatic nitrogens is 1. The standard InChI is InChI=1S/C26H29N3O2/c1-19(2)21-10-8-20(9-11-21)18-28-14-16-29(17-15-28)26(31)23-12-13-24(27-25(23)30)22-6-4-3-5-7-22/h3-13,19H,14-18H2,1-2H3,(H,27,30). The highest BCUT2D eigenvalue weighted by Gasteiger charge is 2.24. The molecule has 5 nitrogen and oxygen atoms in total. The summed E-state index contributed by atoms with van der Waals surface area (Å²) in [5.41, 5.74) is 4.15. The number of amides is 1. The maximum Gasteiger partial charge on any atom is 0.261 e. The van der Waals surface area contributed by atoms with Gasteiger partial charge in [-0.25, -0.2) is 0 Å². The van der Waals surface area contributed by atoms with Crippen LogP contribution in [0.3, 0.4) is 0 Å². The molecule has 0 unspecified atom stereocenters. The SMILES string of the molecule is CC(C)c1ccc(CN2CCN(C(=O)c3ccc(-c4ccccc4)[nH]c3=O)CC2)cc1. The van der Waals surface area contributed by atoms with E-state index in [-0.39, 0.29) is 17.0 Å². The molecular formula is C26H29N3O2. The zero-order valence-electron chi connectivity index (χ0n) is 18.2. The summed E-state index contributed by atoms with van der Waals surface area (Å²) in [4.78, 5) is 32.5. The van der Waals surface area contributed by atoms with Crippen molar-refractivity contribution in [3.05, 3.63) is 93.8 Å². The Hall–Kier alpha value is -3.18. The van der Waals surface area contributed by atoms with Crippen LogP contribution in [0.1, 0.15) is 41.3 Å². The van der Waals surface area contributed by atoms with Crippen molar-refractivity contribution in [1.82, 2.24) is 14.8 Å². The molecule has 0 radical (unpaired) electrons. The predicted octanol–water partition coefficient (Wildman–Crippen LogP) is 4.12. The van der Waals surface area contributed by atoms with Crippen molar-refractivity contribution < 1.29 is 4.79 Å². The van der Waals surface area contributed by atoms with Crippen LogP contribution in [0.2, 0.25) is 0 Å². The summed E-state index contributed by atoms with van der Waals surface area (Å²) >= 11 is 0. The van der Waals surface area contributed by atoms with Crippen molar-refractivity contribution in [2.75, 3.05) is 26.2 Å². The summed E-state index contributed by atoms with van der Waals surface area (Å²) in [6.45, 7) is 8.14. The van der Waals surface area contributed by atoms with Crippen LogP contribution in [0.4, 0.5) is 0 Å². The molecule has 1 aliphatic heterocycles. The van der Waals surface area contributed by atoms with Crippen LogP contribution in [0, 0.1) is 0 Å². The number of carbonyl (C=O) groups excluding carboxylic acids is 1. The highest BCUT2D eigenvalue weighted by molar-refractivity contribution is 5.94. The van der Waals surface area contributed by atoms with Crippen molar-refractivity contribution >= 4 is 5.91 Å². The zero-order chi connectivity index (χ0) is 21.8. The zero-order valence-corrected chi connectivity index (χ0v) is 18.2. The van der Waals surface area contributed by atoms with Gasteiger partial charge in [-0.2, -0.15) is 0 Å². The first kappa shape index (κ1) is 21.1. The van der Waals surface area contributed by atoms with Crippen molar-refractivity contribution in [2.24, 2.45) is 0 Å². The fourth-order valence-electron chi connectivity index (χ4n) is 3.97. The highest BCUT2D eigenvalue weighted by atomic mass is 16.2. The maximum absolute atomic E-state index is 12.9. The van der Waals surface area contributed by atoms with Gasteiger partial charge in [0.25, 0.3) is 11.5 Å². The van der Waals surface area contributed by atoms with Gasteiger partial charge < -0.3 is 9.88 Å². The van der Waals surface area contributed by atoms with Crippen LogP contribution >= 0.6 is 0 Å². The molecule has 4 rings (SSSR count). The first-order valence-electron chi connectivity index (χ1n) is 10.9. The Kier molecular flexibility index (Phi) is 6.33. The third-order valence-electron chi connectivity index (χ3n) is 5.94. The minimum Gasteiger partial charge on any atom is -0.336 e. The number of aromatic amines is 1. The molecule has 0 atom stereocenters. The van der Waals surface area contributed by atoms with Crippen molar-refractivity contribution in [1.29, 1.82) is 0 Å². The summed E-state index contributed by atoms with van der Waals surface area (Å²) in [5.74, 6) is 0.343. The Balaban J connectivity index is 1.36. The summed E-state index contributed by atoms with van der Waals surface area (Å²) in [6.07, 6.45) is 0. The molecule has 0 bridgehead atoms. The third kappa shape index (κ3) is 4.94. The summed E-state index contributed by atoms with van der Waals surface area (Å²) in [7, 11) is 0. The molecule has 1 fully saturated rings. The molecule has 3 aromatic rings. The van der Waals surface area contributed by atoms with Gasteiger partial charge in [0.15, 0.2) is 0 Å². The van der Waals surface area contributed by atoms with E-state index >= 15 is 0 Å². The van der Waals surface area contributed by atoms with Crippen LogP contribution in [0.25, 0.3) is 11.3 Å². The molecule has 2 aromatic carbocycles. The molecule has 160 valence electrons. The average molecular weight is 416 g/mol. The van der Waals surface area contributed by atoms with E-state index in [1.807, 2.05) is 30.3 Å². The number of nitrogens with one attached hydrogen (secondary N) is 1. The van der Waals surface area contributed by atoms with Crippen LogP contribution in [-0.2, 0) is 6.54 Å². The number of hydrogen-bond acceptors (Lipinski definition) is 3. The van der Waals surface area contributed by atoms with Gasteiger partial charge in [0, 0.05) is 38.4 Å². The normalized spacial score (nSPS) is 14.7. The molecule has 1 amide bonds. The van der Waals surface area contributed by atoms with Gasteiger partial charge in [0.05, 0.1) is 0 Å². The third-order valence-corrected chi connectivity index (χ3v) is 5.94. The first-order valence-corrected chi connectivity index (χ1v) is 10.9. The number of benzene rings is 2. The van der Waals surface area contributed by atoms with Crippen molar-refractivity contribution in [3.63, 3.8) is 0 Å². The second-order valence-electron chi connectivity index (χ2n) is 8.45. The van der Waals surface area contributed by atoms with E-state index in [2.05, 4.69) is 48.0 Å². The van der Waals surface area contributed by atoms with Crippen molar-refractivity contribution in [2.45, 2.75) is 26.3 Å². The number of H-pyrrole nitrogens is 1. The minimum absolute atomic E-state index is 0.193. The number of carbonyl (C=O) groups is 1. The molecule has 1 N–H and O–H groups in total. The van der Waals surface area contributed by atoms with Crippen LogP contribution in [0.5, 0.6) is 0 Å². The maximum atomic E-state index is 12.9. The first-order chi connectivity index (χ1) is 15.0. The Morgan fingerprint density at radius 2 is 1.58 bits per heavy atom. The van der Waals surface area contributed by atoms with Crippen LogP contribution in [0.15, 0.2) is 71.5 Å². The quantitative estimate of drug-likeness (QED) is 0.682. The number of hydrogen-bond donors (Lipinski definition) is 1. The Morgan fingerprint density at radius 1 is 0.903 bits per heavy atom. The molecular weight excluding hydrogens is 386 g/mol. The Morgan fingerprint density at radius 3 is 2.19 bits per heavy atom. The van der Waals surface area contributed by atoms with E-state index < -0.39 is 0 Å². The summed E-state index contributed by atoms with van der Waals surface area (Å²) in [6, 6.07) is 21.9. The monoisotopic (exact) mass is 415 g/mol. The molecule has 31 heavy (non-hydrogen) atoms. The molecule has 5 heteroatoms. The van der Waals surface area contributed by atoms with E-state index in [9.17, 15) is 9.59 Å². The smallest absolute Gasteiger partial charge is 0.261 e. The predicted molar refractivity (Wildman–Crippen MR) is 124 cm³/mol. The Labute approximate surface area is 183 Å². The van der Waals surface area contributed by atoms with E-state index in [0.29, 0.717) is 19.0 Å². The number of pyridine rings is 1. The topological polar surface area (TPSA) is 56.4 Å². The molecule has 1 aromatic heterocycles. The molecule has 2 heterocycles. The molecule has 1 saturated heterocycles. The van der Waals surface area contributed by atoms with E-state index in [4.69, 9.17) is 0 Å². The summed E-state index contributed by atoms with van der Waals surface area (Å²) in [5, 5.41) is 0. The van der Waals surface area contributed by atoms with Crippen LogP contribution in [-0.4, -0.2) is 46.9 Å². The average Bonchev–Trinajstić information content (AvgIpc) is 2.80. The molecule has 0 spiro atoms. The molecule has 0 aliphatic carbocycles. The van der Waals surface area contributed by atoms with Gasteiger partial charge in [0.1, 0.15) is 5.56 Å². The lowest BCUT2D eigenvalue weighted by Crippen LogP contribution is -2.49. The second-order valence-corrected chi connectivity index (χ2v) is 8.45. The lowest BCUT2D eigenvalue weighted by Gasteiger charge is -2.34. The fourth-order valence-corrected chi connectivity index (χ4v) is 3.97. The van der Waals surface area contributed by atoms with Crippen LogP contribution < -0.4 is 5.56 Å². The largest absolute Gasteiger partial charge is 0.336 e. The number of nitrogens with zero attached hydrogens (tertiary/aromatic N) is 2.